The topological polar surface area (TPSA) is 83.0 Å². The first kappa shape index (κ1) is 20.2. The summed E-state index contributed by atoms with van der Waals surface area (Å²) in [7, 11) is -1.31. The molecule has 1 aliphatic rings. The van der Waals surface area contributed by atoms with Gasteiger partial charge in [-0.3, -0.25) is 9.89 Å². The van der Waals surface area contributed by atoms with E-state index in [4.69, 9.17) is 4.74 Å². The van der Waals surface area contributed by atoms with Crippen LogP contribution in [0.2, 0.25) is 0 Å². The fourth-order valence-electron chi connectivity index (χ4n) is 2.63. The van der Waals surface area contributed by atoms with Gasteiger partial charge in [0.15, 0.2) is 15.8 Å². The number of hydrogen-bond acceptors (Lipinski definition) is 5. The summed E-state index contributed by atoms with van der Waals surface area (Å²) in [5, 5.41) is 6.29. The van der Waals surface area contributed by atoms with Crippen LogP contribution < -0.4 is 10.6 Å². The van der Waals surface area contributed by atoms with Crippen LogP contribution in [0.4, 0.5) is 0 Å². The molecule has 136 valence electrons. The second kappa shape index (κ2) is 10.8. The quantitative estimate of drug-likeness (QED) is 0.331. The van der Waals surface area contributed by atoms with E-state index in [-0.39, 0.29) is 11.5 Å². The third kappa shape index (κ3) is 7.99. The standard InChI is InChI=1S/C15H32N4O3S/c1-4-19-10-6-7-14(19)13-18-15(16-8-11-22-3)17-9-12-23(20,21)5-2/h14H,4-13H2,1-3H3,(H2,16,17,18)/t14-/m1/s1. The minimum atomic E-state index is -2.96. The van der Waals surface area contributed by atoms with Crippen molar-refractivity contribution in [2.45, 2.75) is 32.7 Å². The van der Waals surface area contributed by atoms with E-state index in [9.17, 15) is 8.42 Å². The Morgan fingerprint density at radius 1 is 1.30 bits per heavy atom. The number of likely N-dealkylation sites (tertiary alicyclic amines) is 1. The highest BCUT2D eigenvalue weighted by Crippen LogP contribution is 2.16. The lowest BCUT2D eigenvalue weighted by molar-refractivity contribution is 0.203. The predicted molar refractivity (Wildman–Crippen MR) is 94.8 cm³/mol. The van der Waals surface area contributed by atoms with Gasteiger partial charge in [-0.25, -0.2) is 8.42 Å². The monoisotopic (exact) mass is 348 g/mol. The normalized spacial score (nSPS) is 20.0. The molecule has 0 aromatic heterocycles. The lowest BCUT2D eigenvalue weighted by Gasteiger charge is -2.21. The molecule has 0 amide bonds. The molecule has 0 radical (unpaired) electrons. The lowest BCUT2D eigenvalue weighted by atomic mass is 10.2. The number of nitrogens with zero attached hydrogens (tertiary/aromatic N) is 2. The van der Waals surface area contributed by atoms with Gasteiger partial charge < -0.3 is 15.4 Å². The number of nitrogens with one attached hydrogen (secondary N) is 2. The molecule has 0 saturated carbocycles. The Labute approximate surface area is 140 Å². The van der Waals surface area contributed by atoms with Crippen LogP contribution in [0.25, 0.3) is 0 Å². The second-order valence-corrected chi connectivity index (χ2v) is 8.17. The summed E-state index contributed by atoms with van der Waals surface area (Å²) in [5.74, 6) is 0.960. The Bertz CT molecular complexity index is 454. The highest BCUT2D eigenvalue weighted by molar-refractivity contribution is 7.91. The number of ether oxygens (including phenoxy) is 1. The van der Waals surface area contributed by atoms with Crippen LogP contribution in [-0.4, -0.2) is 83.3 Å². The maximum atomic E-state index is 11.6. The highest BCUT2D eigenvalue weighted by atomic mass is 32.2. The summed E-state index contributed by atoms with van der Waals surface area (Å²) in [6.07, 6.45) is 2.40. The van der Waals surface area contributed by atoms with Gasteiger partial charge in [0.2, 0.25) is 0 Å². The predicted octanol–water partition coefficient (Wildman–Crippen LogP) is 0.0870. The van der Waals surface area contributed by atoms with E-state index in [1.165, 1.54) is 12.8 Å². The Balaban J connectivity index is 2.51. The van der Waals surface area contributed by atoms with Crippen LogP contribution in [0.5, 0.6) is 0 Å². The SMILES string of the molecule is CCN1CCC[C@@H]1CN=C(NCCOC)NCCS(=O)(=O)CC. The molecular weight excluding hydrogens is 316 g/mol. The van der Waals surface area contributed by atoms with Crippen molar-refractivity contribution in [1.29, 1.82) is 0 Å². The van der Waals surface area contributed by atoms with Crippen molar-refractivity contribution < 1.29 is 13.2 Å². The summed E-state index contributed by atoms with van der Waals surface area (Å²) in [5.41, 5.74) is 0. The van der Waals surface area contributed by atoms with E-state index in [1.807, 2.05) is 0 Å². The van der Waals surface area contributed by atoms with Crippen molar-refractivity contribution in [2.75, 3.05) is 57.9 Å². The molecule has 23 heavy (non-hydrogen) atoms. The van der Waals surface area contributed by atoms with E-state index in [0.29, 0.717) is 31.7 Å². The molecule has 0 aromatic carbocycles. The second-order valence-electron chi connectivity index (χ2n) is 5.70. The maximum absolute atomic E-state index is 11.6. The van der Waals surface area contributed by atoms with Crippen molar-refractivity contribution >= 4 is 15.8 Å². The fraction of sp³-hybridized carbons (Fsp3) is 0.933. The van der Waals surface area contributed by atoms with E-state index in [1.54, 1.807) is 14.0 Å². The molecule has 1 rings (SSSR count). The van der Waals surface area contributed by atoms with Crippen LogP contribution in [0.1, 0.15) is 26.7 Å². The Hall–Kier alpha value is -0.860. The molecule has 8 heteroatoms. The van der Waals surface area contributed by atoms with Crippen LogP contribution in [0, 0.1) is 0 Å². The number of methoxy groups -OCH3 is 1. The molecule has 0 aliphatic carbocycles. The summed E-state index contributed by atoms with van der Waals surface area (Å²) < 4.78 is 28.2. The molecule has 1 heterocycles. The first-order valence-corrected chi connectivity index (χ1v) is 10.3. The van der Waals surface area contributed by atoms with Crippen LogP contribution >= 0.6 is 0 Å². The minimum absolute atomic E-state index is 0.124. The molecule has 7 nitrogen and oxygen atoms in total. The van der Waals surface area contributed by atoms with Gasteiger partial charge in [0.1, 0.15) is 0 Å². The molecule has 1 saturated heterocycles. The summed E-state index contributed by atoms with van der Waals surface area (Å²) >= 11 is 0. The molecule has 0 aromatic rings. The number of aliphatic imine (C=N–C) groups is 1. The highest BCUT2D eigenvalue weighted by Gasteiger charge is 2.22. The smallest absolute Gasteiger partial charge is 0.191 e. The first-order chi connectivity index (χ1) is 11.0. The summed E-state index contributed by atoms with van der Waals surface area (Å²) in [6, 6.07) is 0.486. The van der Waals surface area contributed by atoms with Crippen LogP contribution in [-0.2, 0) is 14.6 Å². The van der Waals surface area contributed by atoms with E-state index in [0.717, 1.165) is 19.6 Å². The maximum Gasteiger partial charge on any atom is 0.191 e. The number of sulfone groups is 1. The molecule has 1 atom stereocenters. The van der Waals surface area contributed by atoms with Crippen LogP contribution in [0.15, 0.2) is 4.99 Å². The molecule has 1 aliphatic heterocycles. The zero-order valence-corrected chi connectivity index (χ0v) is 15.5. The molecular formula is C15H32N4O3S. The molecule has 2 N–H and O–H groups in total. The van der Waals surface area contributed by atoms with Gasteiger partial charge in [-0.05, 0) is 25.9 Å². The van der Waals surface area contributed by atoms with Crippen molar-refractivity contribution in [3.8, 4) is 0 Å². The average molecular weight is 349 g/mol. The number of likely N-dealkylation sites (N-methyl/N-ethyl adjacent to an activating group) is 1. The zero-order valence-electron chi connectivity index (χ0n) is 14.7. The van der Waals surface area contributed by atoms with Gasteiger partial charge in [-0.2, -0.15) is 0 Å². The third-order valence-electron chi connectivity index (χ3n) is 4.11. The Morgan fingerprint density at radius 2 is 2.04 bits per heavy atom. The van der Waals surface area contributed by atoms with Gasteiger partial charge in [0, 0.05) is 32.0 Å². The fourth-order valence-corrected chi connectivity index (χ4v) is 3.33. The number of rotatable bonds is 10. The first-order valence-electron chi connectivity index (χ1n) is 8.48. The zero-order chi connectivity index (χ0) is 17.1. The van der Waals surface area contributed by atoms with Crippen molar-refractivity contribution in [1.82, 2.24) is 15.5 Å². The number of hydrogen-bond donors (Lipinski definition) is 2. The van der Waals surface area contributed by atoms with E-state index in [2.05, 4.69) is 27.4 Å². The summed E-state index contributed by atoms with van der Waals surface area (Å²) in [4.78, 5) is 7.07. The van der Waals surface area contributed by atoms with Gasteiger partial charge >= 0.3 is 0 Å². The molecule has 0 spiro atoms. The average Bonchev–Trinajstić information content (AvgIpc) is 2.99. The van der Waals surface area contributed by atoms with Gasteiger partial charge in [0.25, 0.3) is 0 Å². The minimum Gasteiger partial charge on any atom is -0.383 e. The van der Waals surface area contributed by atoms with Crippen molar-refractivity contribution in [3.63, 3.8) is 0 Å². The Morgan fingerprint density at radius 3 is 2.70 bits per heavy atom. The Kier molecular flexibility index (Phi) is 9.50. The molecule has 1 fully saturated rings. The van der Waals surface area contributed by atoms with Gasteiger partial charge in [-0.1, -0.05) is 13.8 Å². The van der Waals surface area contributed by atoms with Crippen molar-refractivity contribution in [2.24, 2.45) is 4.99 Å². The number of guanidine groups is 1. The van der Waals surface area contributed by atoms with E-state index < -0.39 is 9.84 Å². The summed E-state index contributed by atoms with van der Waals surface area (Å²) in [6.45, 7) is 8.37. The lowest BCUT2D eigenvalue weighted by Crippen LogP contribution is -2.42. The van der Waals surface area contributed by atoms with E-state index >= 15 is 0 Å². The largest absolute Gasteiger partial charge is 0.383 e. The molecule has 0 unspecified atom stereocenters. The van der Waals surface area contributed by atoms with Crippen LogP contribution in [0.3, 0.4) is 0 Å². The van der Waals surface area contributed by atoms with Gasteiger partial charge in [-0.15, -0.1) is 0 Å². The van der Waals surface area contributed by atoms with Gasteiger partial charge in [0.05, 0.1) is 18.9 Å². The molecule has 0 bridgehead atoms. The van der Waals surface area contributed by atoms with Crippen molar-refractivity contribution in [3.05, 3.63) is 0 Å². The third-order valence-corrected chi connectivity index (χ3v) is 5.82.